The maximum atomic E-state index is 11.0. The van der Waals surface area contributed by atoms with Crippen molar-refractivity contribution in [2.75, 3.05) is 43.2 Å². The largest absolute Gasteiger partial charge is 0.358 e. The molecular formula is C12H23N5O2S. The van der Waals surface area contributed by atoms with Gasteiger partial charge in [-0.25, -0.2) is 18.5 Å². The van der Waals surface area contributed by atoms with Crippen LogP contribution in [0.5, 0.6) is 0 Å². The molecule has 2 N–H and O–H groups in total. The molecular weight excluding hydrogens is 278 g/mol. The smallest absolute Gasteiger partial charge is 0.227 e. The molecule has 1 rings (SSSR count). The van der Waals surface area contributed by atoms with Gasteiger partial charge < -0.3 is 9.80 Å². The van der Waals surface area contributed by atoms with Crippen LogP contribution >= 0.6 is 0 Å². The van der Waals surface area contributed by atoms with Crippen LogP contribution in [-0.2, 0) is 10.0 Å². The van der Waals surface area contributed by atoms with Crippen LogP contribution in [0.25, 0.3) is 0 Å². The molecule has 0 atom stereocenters. The van der Waals surface area contributed by atoms with Crippen LogP contribution < -0.4 is 14.9 Å². The second kappa shape index (κ2) is 6.36. The molecule has 0 saturated heterocycles. The minimum atomic E-state index is -3.48. The van der Waals surface area contributed by atoms with Gasteiger partial charge in [-0.15, -0.1) is 0 Å². The number of rotatable bonds is 6. The van der Waals surface area contributed by atoms with Crippen molar-refractivity contribution >= 4 is 21.8 Å². The summed E-state index contributed by atoms with van der Waals surface area (Å²) >= 11 is 0. The molecule has 0 aliphatic heterocycles. The van der Waals surface area contributed by atoms with Gasteiger partial charge in [0.05, 0.1) is 11.4 Å². The number of anilines is 2. The van der Waals surface area contributed by atoms with Crippen LogP contribution in [0.1, 0.15) is 25.5 Å². The molecule has 0 aliphatic carbocycles. The molecule has 1 heterocycles. The SMILES string of the molecule is CC(C)c1cc(N(C)CCS(N)(=O)=O)nc(N(C)C)n1. The van der Waals surface area contributed by atoms with Gasteiger partial charge in [0.2, 0.25) is 16.0 Å². The van der Waals surface area contributed by atoms with E-state index in [4.69, 9.17) is 5.14 Å². The molecule has 8 heteroatoms. The van der Waals surface area contributed by atoms with Crippen molar-refractivity contribution in [3.8, 4) is 0 Å². The normalized spacial score (nSPS) is 11.8. The minimum Gasteiger partial charge on any atom is -0.358 e. The molecule has 7 nitrogen and oxygen atoms in total. The van der Waals surface area contributed by atoms with Crippen LogP contribution in [0, 0.1) is 0 Å². The molecule has 114 valence electrons. The van der Waals surface area contributed by atoms with Gasteiger partial charge in [0.25, 0.3) is 0 Å². The molecule has 0 radical (unpaired) electrons. The van der Waals surface area contributed by atoms with Gasteiger partial charge >= 0.3 is 0 Å². The van der Waals surface area contributed by atoms with Crippen LogP contribution in [0.4, 0.5) is 11.8 Å². The Balaban J connectivity index is 3.03. The first-order chi connectivity index (χ1) is 9.10. The van der Waals surface area contributed by atoms with Gasteiger partial charge in [-0.2, -0.15) is 4.98 Å². The third-order valence-electron chi connectivity index (χ3n) is 2.81. The molecule has 1 aromatic heterocycles. The van der Waals surface area contributed by atoms with E-state index in [1.807, 2.05) is 25.1 Å². The van der Waals surface area contributed by atoms with E-state index in [9.17, 15) is 8.42 Å². The van der Waals surface area contributed by atoms with Crippen molar-refractivity contribution in [3.05, 3.63) is 11.8 Å². The average molecular weight is 301 g/mol. The summed E-state index contributed by atoms with van der Waals surface area (Å²) in [6.45, 7) is 4.39. The third kappa shape index (κ3) is 4.93. The van der Waals surface area contributed by atoms with Gasteiger partial charge in [0, 0.05) is 33.8 Å². The van der Waals surface area contributed by atoms with E-state index < -0.39 is 10.0 Å². The van der Waals surface area contributed by atoms with Crippen molar-refractivity contribution in [2.45, 2.75) is 19.8 Å². The Morgan fingerprint density at radius 1 is 1.25 bits per heavy atom. The zero-order valence-corrected chi connectivity index (χ0v) is 13.5. The van der Waals surface area contributed by atoms with E-state index in [1.54, 1.807) is 11.9 Å². The predicted molar refractivity (Wildman–Crippen MR) is 81.7 cm³/mol. The fraction of sp³-hybridized carbons (Fsp3) is 0.667. The van der Waals surface area contributed by atoms with Gasteiger partial charge in [-0.3, -0.25) is 0 Å². The summed E-state index contributed by atoms with van der Waals surface area (Å²) in [4.78, 5) is 12.5. The number of nitrogens with zero attached hydrogens (tertiary/aromatic N) is 4. The lowest BCUT2D eigenvalue weighted by atomic mass is 10.1. The molecule has 0 unspecified atom stereocenters. The third-order valence-corrected chi connectivity index (χ3v) is 3.57. The maximum Gasteiger partial charge on any atom is 0.227 e. The zero-order valence-electron chi connectivity index (χ0n) is 12.7. The first-order valence-corrected chi connectivity index (χ1v) is 8.09. The topological polar surface area (TPSA) is 92.4 Å². The number of aromatic nitrogens is 2. The highest BCUT2D eigenvalue weighted by atomic mass is 32.2. The van der Waals surface area contributed by atoms with Crippen molar-refractivity contribution in [1.29, 1.82) is 0 Å². The Kier molecular flexibility index (Phi) is 5.29. The summed E-state index contributed by atoms with van der Waals surface area (Å²) in [6, 6.07) is 1.88. The molecule has 20 heavy (non-hydrogen) atoms. The number of nitrogens with two attached hydrogens (primary N) is 1. The van der Waals surface area contributed by atoms with Crippen molar-refractivity contribution in [1.82, 2.24) is 9.97 Å². The quantitative estimate of drug-likeness (QED) is 0.817. The molecule has 0 spiro atoms. The lowest BCUT2D eigenvalue weighted by Crippen LogP contribution is -2.30. The van der Waals surface area contributed by atoms with Crippen LogP contribution in [0.3, 0.4) is 0 Å². The monoisotopic (exact) mass is 301 g/mol. The Bertz CT molecular complexity index is 531. The summed E-state index contributed by atoms with van der Waals surface area (Å²) in [5, 5.41) is 5.02. The van der Waals surface area contributed by atoms with Gasteiger partial charge in [-0.05, 0) is 5.92 Å². The second-order valence-corrected chi connectivity index (χ2v) is 7.02. The van der Waals surface area contributed by atoms with E-state index >= 15 is 0 Å². The number of primary sulfonamides is 1. The summed E-state index contributed by atoms with van der Waals surface area (Å²) < 4.78 is 22.1. The van der Waals surface area contributed by atoms with Crippen molar-refractivity contribution in [2.24, 2.45) is 5.14 Å². The molecule has 0 aliphatic rings. The summed E-state index contributed by atoms with van der Waals surface area (Å²) in [5.41, 5.74) is 0.918. The van der Waals surface area contributed by atoms with E-state index in [1.165, 1.54) is 0 Å². The highest BCUT2D eigenvalue weighted by molar-refractivity contribution is 7.89. The first-order valence-electron chi connectivity index (χ1n) is 6.38. The molecule has 0 amide bonds. The second-order valence-electron chi connectivity index (χ2n) is 5.29. The highest BCUT2D eigenvalue weighted by Crippen LogP contribution is 2.20. The molecule has 0 aromatic carbocycles. The Morgan fingerprint density at radius 2 is 1.85 bits per heavy atom. The zero-order chi connectivity index (χ0) is 15.5. The number of hydrogen-bond acceptors (Lipinski definition) is 6. The van der Waals surface area contributed by atoms with Crippen LogP contribution in [-0.4, -0.2) is 51.8 Å². The number of sulfonamides is 1. The van der Waals surface area contributed by atoms with Gasteiger partial charge in [0.15, 0.2) is 0 Å². The first kappa shape index (κ1) is 16.6. The summed E-state index contributed by atoms with van der Waals surface area (Å²) in [5.74, 6) is 1.45. The maximum absolute atomic E-state index is 11.0. The van der Waals surface area contributed by atoms with Crippen molar-refractivity contribution < 1.29 is 8.42 Å². The lowest BCUT2D eigenvalue weighted by Gasteiger charge is -2.21. The molecule has 0 bridgehead atoms. The highest BCUT2D eigenvalue weighted by Gasteiger charge is 2.13. The summed E-state index contributed by atoms with van der Waals surface area (Å²) in [6.07, 6.45) is 0. The standard InChI is InChI=1S/C12H23N5O2S/c1-9(2)10-8-11(15-12(14-10)16(3)4)17(5)6-7-20(13,18)19/h8-9H,6-7H2,1-5H3,(H2,13,18,19). The Hall–Kier alpha value is -1.41. The van der Waals surface area contributed by atoms with Crippen molar-refractivity contribution in [3.63, 3.8) is 0 Å². The van der Waals surface area contributed by atoms with Crippen LogP contribution in [0.2, 0.25) is 0 Å². The van der Waals surface area contributed by atoms with Crippen LogP contribution in [0.15, 0.2) is 6.07 Å². The molecule has 1 aromatic rings. The lowest BCUT2D eigenvalue weighted by molar-refractivity contribution is 0.597. The fourth-order valence-corrected chi connectivity index (χ4v) is 2.04. The molecule has 0 fully saturated rings. The van der Waals surface area contributed by atoms with E-state index in [-0.39, 0.29) is 11.7 Å². The Labute approximate surface area is 120 Å². The average Bonchev–Trinajstić information content (AvgIpc) is 2.34. The van der Waals surface area contributed by atoms with E-state index in [0.29, 0.717) is 18.3 Å². The number of hydrogen-bond donors (Lipinski definition) is 1. The van der Waals surface area contributed by atoms with Gasteiger partial charge in [0.1, 0.15) is 5.82 Å². The predicted octanol–water partition coefficient (Wildman–Crippen LogP) is 0.391. The molecule has 0 saturated carbocycles. The van der Waals surface area contributed by atoms with E-state index in [0.717, 1.165) is 5.69 Å². The fourth-order valence-electron chi connectivity index (χ4n) is 1.51. The Morgan fingerprint density at radius 3 is 2.30 bits per heavy atom. The minimum absolute atomic E-state index is 0.109. The van der Waals surface area contributed by atoms with E-state index in [2.05, 4.69) is 23.8 Å². The van der Waals surface area contributed by atoms with Gasteiger partial charge in [-0.1, -0.05) is 13.8 Å². The summed E-state index contributed by atoms with van der Waals surface area (Å²) in [7, 11) is 2.05.